The molecule has 1 aromatic heterocycles. The Labute approximate surface area is 119 Å². The molecule has 0 unspecified atom stereocenters. The summed E-state index contributed by atoms with van der Waals surface area (Å²) >= 11 is 0. The van der Waals surface area contributed by atoms with Gasteiger partial charge in [0.15, 0.2) is 0 Å². The van der Waals surface area contributed by atoms with Crippen molar-refractivity contribution in [2.24, 2.45) is 7.05 Å². The number of benzene rings is 1. The van der Waals surface area contributed by atoms with Gasteiger partial charge in [-0.25, -0.2) is 0 Å². The molecule has 106 valence electrons. The van der Waals surface area contributed by atoms with Crippen LogP contribution in [0.2, 0.25) is 0 Å². The molecule has 0 fully saturated rings. The molecular weight excluding hydrogens is 252 g/mol. The number of hydrogen-bond donors (Lipinski definition) is 1. The van der Waals surface area contributed by atoms with Crippen molar-refractivity contribution in [2.45, 2.75) is 19.4 Å². The van der Waals surface area contributed by atoms with Crippen LogP contribution in [0.15, 0.2) is 42.6 Å². The summed E-state index contributed by atoms with van der Waals surface area (Å²) in [5.41, 5.74) is 1.22. The predicted octanol–water partition coefficient (Wildman–Crippen LogP) is 2.70. The number of amides is 1. The topological polar surface area (TPSA) is 43.3 Å². The molecule has 2 aromatic rings. The highest BCUT2D eigenvalue weighted by Gasteiger charge is 2.24. The lowest BCUT2D eigenvalue weighted by Crippen LogP contribution is -2.41. The first-order valence-electron chi connectivity index (χ1n) is 6.52. The van der Waals surface area contributed by atoms with Gasteiger partial charge in [0.1, 0.15) is 11.4 Å². The molecule has 0 aliphatic heterocycles. The van der Waals surface area contributed by atoms with Gasteiger partial charge in [0.25, 0.3) is 5.91 Å². The fraction of sp³-hybridized carbons (Fsp3) is 0.312. The van der Waals surface area contributed by atoms with E-state index in [4.69, 9.17) is 4.74 Å². The molecule has 0 radical (unpaired) electrons. The van der Waals surface area contributed by atoms with Crippen LogP contribution < -0.4 is 10.1 Å². The van der Waals surface area contributed by atoms with E-state index in [2.05, 4.69) is 5.32 Å². The van der Waals surface area contributed by atoms with Crippen molar-refractivity contribution < 1.29 is 9.53 Å². The monoisotopic (exact) mass is 272 g/mol. The van der Waals surface area contributed by atoms with E-state index < -0.39 is 5.54 Å². The molecular formula is C16H20N2O2. The molecule has 0 aliphatic carbocycles. The third kappa shape index (κ3) is 2.85. The summed E-state index contributed by atoms with van der Waals surface area (Å²) in [5, 5.41) is 3.05. The van der Waals surface area contributed by atoms with E-state index >= 15 is 0 Å². The SMILES string of the molecule is COc1ccc(C(C)(C)NC(=O)c2cccn2C)cc1. The Morgan fingerprint density at radius 2 is 1.85 bits per heavy atom. The van der Waals surface area contributed by atoms with E-state index in [9.17, 15) is 4.79 Å². The number of carbonyl (C=O) groups excluding carboxylic acids is 1. The molecule has 0 saturated heterocycles. The molecule has 1 amide bonds. The van der Waals surface area contributed by atoms with Crippen LogP contribution in [0, 0.1) is 0 Å². The third-order valence-electron chi connectivity index (χ3n) is 3.41. The average Bonchev–Trinajstić information content (AvgIpc) is 2.84. The molecule has 4 heteroatoms. The fourth-order valence-corrected chi connectivity index (χ4v) is 2.12. The number of hydrogen-bond acceptors (Lipinski definition) is 2. The van der Waals surface area contributed by atoms with Gasteiger partial charge >= 0.3 is 0 Å². The van der Waals surface area contributed by atoms with Crippen LogP contribution in [-0.4, -0.2) is 17.6 Å². The maximum Gasteiger partial charge on any atom is 0.268 e. The highest BCUT2D eigenvalue weighted by Crippen LogP contribution is 2.23. The molecule has 4 nitrogen and oxygen atoms in total. The van der Waals surface area contributed by atoms with Crippen LogP contribution in [0.1, 0.15) is 29.9 Å². The highest BCUT2D eigenvalue weighted by molar-refractivity contribution is 5.93. The van der Waals surface area contributed by atoms with Gasteiger partial charge in [0.2, 0.25) is 0 Å². The fourth-order valence-electron chi connectivity index (χ4n) is 2.12. The van der Waals surface area contributed by atoms with Crippen molar-refractivity contribution in [3.63, 3.8) is 0 Å². The molecule has 0 bridgehead atoms. The van der Waals surface area contributed by atoms with Crippen LogP contribution in [0.4, 0.5) is 0 Å². The number of aryl methyl sites for hydroxylation is 1. The minimum Gasteiger partial charge on any atom is -0.497 e. The Hall–Kier alpha value is -2.23. The Kier molecular flexibility index (Phi) is 3.84. The van der Waals surface area contributed by atoms with Crippen LogP contribution in [0.5, 0.6) is 5.75 Å². The van der Waals surface area contributed by atoms with Gasteiger partial charge in [0.05, 0.1) is 12.6 Å². The number of methoxy groups -OCH3 is 1. The first-order valence-corrected chi connectivity index (χ1v) is 6.52. The second-order valence-electron chi connectivity index (χ2n) is 5.31. The van der Waals surface area contributed by atoms with Crippen molar-refractivity contribution >= 4 is 5.91 Å². The van der Waals surface area contributed by atoms with E-state index in [0.717, 1.165) is 11.3 Å². The summed E-state index contributed by atoms with van der Waals surface area (Å²) in [6, 6.07) is 11.4. The third-order valence-corrected chi connectivity index (χ3v) is 3.41. The van der Waals surface area contributed by atoms with Gasteiger partial charge in [-0.1, -0.05) is 12.1 Å². The summed E-state index contributed by atoms with van der Waals surface area (Å²) < 4.78 is 6.95. The lowest BCUT2D eigenvalue weighted by Gasteiger charge is -2.27. The lowest BCUT2D eigenvalue weighted by molar-refractivity contribution is 0.0903. The number of carbonyl (C=O) groups is 1. The standard InChI is InChI=1S/C16H20N2O2/c1-16(2,12-7-9-13(20-4)10-8-12)17-15(19)14-6-5-11-18(14)3/h5-11H,1-4H3,(H,17,19). The van der Waals surface area contributed by atoms with Gasteiger partial charge in [-0.15, -0.1) is 0 Å². The van der Waals surface area contributed by atoms with E-state index in [1.807, 2.05) is 57.4 Å². The molecule has 1 aromatic carbocycles. The molecule has 0 saturated carbocycles. The van der Waals surface area contributed by atoms with E-state index in [-0.39, 0.29) is 5.91 Å². The smallest absolute Gasteiger partial charge is 0.268 e. The van der Waals surface area contributed by atoms with E-state index in [1.165, 1.54) is 0 Å². The maximum atomic E-state index is 12.3. The predicted molar refractivity (Wildman–Crippen MR) is 78.9 cm³/mol. The highest BCUT2D eigenvalue weighted by atomic mass is 16.5. The zero-order chi connectivity index (χ0) is 14.8. The molecule has 20 heavy (non-hydrogen) atoms. The summed E-state index contributed by atoms with van der Waals surface area (Å²) in [7, 11) is 3.49. The first kappa shape index (κ1) is 14.2. The average molecular weight is 272 g/mol. The van der Waals surface area contributed by atoms with Gasteiger partial charge in [0, 0.05) is 13.2 Å². The first-order chi connectivity index (χ1) is 9.44. The van der Waals surface area contributed by atoms with Crippen molar-refractivity contribution in [3.05, 3.63) is 53.9 Å². The van der Waals surface area contributed by atoms with Crippen LogP contribution in [0.25, 0.3) is 0 Å². The maximum absolute atomic E-state index is 12.3. The summed E-state index contributed by atoms with van der Waals surface area (Å²) in [5.74, 6) is 0.719. The van der Waals surface area contributed by atoms with E-state index in [0.29, 0.717) is 5.69 Å². The molecule has 1 N–H and O–H groups in total. The Morgan fingerprint density at radius 3 is 2.35 bits per heavy atom. The molecule has 0 aliphatic rings. The van der Waals surface area contributed by atoms with Crippen molar-refractivity contribution in [1.82, 2.24) is 9.88 Å². The Morgan fingerprint density at radius 1 is 1.20 bits per heavy atom. The summed E-state index contributed by atoms with van der Waals surface area (Å²) in [6.07, 6.45) is 1.86. The number of nitrogens with zero attached hydrogens (tertiary/aromatic N) is 1. The second kappa shape index (κ2) is 5.41. The van der Waals surface area contributed by atoms with Crippen molar-refractivity contribution in [1.29, 1.82) is 0 Å². The van der Waals surface area contributed by atoms with Crippen LogP contribution in [-0.2, 0) is 12.6 Å². The number of rotatable bonds is 4. The minimum atomic E-state index is -0.451. The zero-order valence-electron chi connectivity index (χ0n) is 12.3. The second-order valence-corrected chi connectivity index (χ2v) is 5.31. The van der Waals surface area contributed by atoms with Crippen LogP contribution >= 0.6 is 0 Å². The largest absolute Gasteiger partial charge is 0.497 e. The molecule has 2 rings (SSSR count). The number of aromatic nitrogens is 1. The molecule has 0 atom stereocenters. The molecule has 1 heterocycles. The quantitative estimate of drug-likeness (QED) is 0.930. The van der Waals surface area contributed by atoms with Gasteiger partial charge in [-0.2, -0.15) is 0 Å². The normalized spacial score (nSPS) is 11.2. The molecule has 0 spiro atoms. The number of nitrogens with one attached hydrogen (secondary N) is 1. The summed E-state index contributed by atoms with van der Waals surface area (Å²) in [6.45, 7) is 3.96. The van der Waals surface area contributed by atoms with Crippen molar-refractivity contribution in [2.75, 3.05) is 7.11 Å². The summed E-state index contributed by atoms with van der Waals surface area (Å²) in [4.78, 5) is 12.3. The zero-order valence-corrected chi connectivity index (χ0v) is 12.3. The lowest BCUT2D eigenvalue weighted by atomic mass is 9.94. The van der Waals surface area contributed by atoms with Gasteiger partial charge < -0.3 is 14.6 Å². The van der Waals surface area contributed by atoms with Crippen molar-refractivity contribution in [3.8, 4) is 5.75 Å². The van der Waals surface area contributed by atoms with Gasteiger partial charge in [-0.05, 0) is 43.7 Å². The number of ether oxygens (including phenoxy) is 1. The minimum absolute atomic E-state index is 0.0849. The van der Waals surface area contributed by atoms with E-state index in [1.54, 1.807) is 17.7 Å². The van der Waals surface area contributed by atoms with Gasteiger partial charge in [-0.3, -0.25) is 4.79 Å². The Bertz CT molecular complexity index is 597. The Balaban J connectivity index is 2.17. The van der Waals surface area contributed by atoms with Crippen LogP contribution in [0.3, 0.4) is 0 Å².